The van der Waals surface area contributed by atoms with Crippen LogP contribution in [0, 0.1) is 0 Å². The Kier molecular flexibility index (Phi) is 7.31. The maximum absolute atomic E-state index is 13.0. The third-order valence-corrected chi connectivity index (χ3v) is 9.25. The molecule has 3 aliphatic heterocycles. The summed E-state index contributed by atoms with van der Waals surface area (Å²) >= 11 is 0. The number of hydrogen-bond acceptors (Lipinski definition) is 7. The average Bonchev–Trinajstić information content (AvgIpc) is 3.71. The van der Waals surface area contributed by atoms with Crippen molar-refractivity contribution in [3.8, 4) is 11.1 Å². The number of carbonyl (C=O) groups is 2. The summed E-state index contributed by atoms with van der Waals surface area (Å²) in [7, 11) is 0. The third kappa shape index (κ3) is 4.81. The molecule has 2 aromatic carbocycles. The van der Waals surface area contributed by atoms with Crippen LogP contribution in [-0.2, 0) is 9.57 Å². The zero-order valence-electron chi connectivity index (χ0n) is 24.0. The number of ether oxygens (including phenoxy) is 1. The molecule has 220 valence electrons. The number of urea groups is 1. The van der Waals surface area contributed by atoms with Crippen molar-refractivity contribution >= 4 is 12.1 Å². The Morgan fingerprint density at radius 3 is 2.43 bits per heavy atom. The number of hydrogen-bond donors (Lipinski definition) is 0. The van der Waals surface area contributed by atoms with Crippen LogP contribution in [0.3, 0.4) is 0 Å². The molecule has 0 N–H and O–H groups in total. The average molecular weight is 572 g/mol. The van der Waals surface area contributed by atoms with Gasteiger partial charge < -0.3 is 19.1 Å². The van der Waals surface area contributed by atoms with Crippen molar-refractivity contribution < 1.29 is 23.7 Å². The molecular weight excluding hydrogens is 534 g/mol. The molecule has 0 saturated carbocycles. The lowest BCUT2D eigenvalue weighted by molar-refractivity contribution is -0.130. The van der Waals surface area contributed by atoms with Crippen LogP contribution in [0.5, 0.6) is 0 Å². The summed E-state index contributed by atoms with van der Waals surface area (Å²) in [5.41, 5.74) is 4.85. The fourth-order valence-corrected chi connectivity index (χ4v) is 6.92. The van der Waals surface area contributed by atoms with Gasteiger partial charge in [0, 0.05) is 31.5 Å². The molecule has 2 bridgehead atoms. The summed E-state index contributed by atoms with van der Waals surface area (Å²) in [5, 5.41) is 5.84. The first-order valence-electron chi connectivity index (χ1n) is 15.3. The zero-order valence-corrected chi connectivity index (χ0v) is 24.0. The van der Waals surface area contributed by atoms with Crippen molar-refractivity contribution in [1.82, 2.24) is 25.0 Å². The monoisotopic (exact) mass is 571 g/mol. The Labute approximate surface area is 245 Å². The van der Waals surface area contributed by atoms with Gasteiger partial charge in [0.05, 0.1) is 18.7 Å². The van der Waals surface area contributed by atoms with E-state index in [0.717, 1.165) is 38.5 Å². The normalized spacial score (nSPS) is 22.0. The molecular formula is C32H37N5O5. The number of amides is 3. The standard InChI is InChI=1S/C32H37N5O5/c1-2-3-18-41-37-22-12-13-28(36(19-22)31(37)38)29-33-30(42-34-29)21-14-16-35(17-15-21)32(39)40-20-27-25-10-6-4-8-23(25)24-9-5-7-11-26(24)27/h4-11,21-22,27-28H,2-3,12-20H2,1H3/t22-,28-/m0/s1. The number of rotatable bonds is 8. The van der Waals surface area contributed by atoms with E-state index in [1.807, 2.05) is 17.0 Å². The maximum atomic E-state index is 13.0. The molecule has 1 aromatic heterocycles. The Morgan fingerprint density at radius 1 is 1.00 bits per heavy atom. The van der Waals surface area contributed by atoms with Crippen molar-refractivity contribution in [3.05, 3.63) is 71.4 Å². The lowest BCUT2D eigenvalue weighted by atomic mass is 9.96. The van der Waals surface area contributed by atoms with Gasteiger partial charge in [0.25, 0.3) is 0 Å². The highest BCUT2D eigenvalue weighted by molar-refractivity contribution is 5.79. The number of benzene rings is 2. The molecule has 2 atom stereocenters. The van der Waals surface area contributed by atoms with Crippen molar-refractivity contribution in [2.75, 3.05) is 32.8 Å². The molecule has 3 amide bonds. The first-order valence-corrected chi connectivity index (χ1v) is 15.3. The predicted octanol–water partition coefficient (Wildman–Crippen LogP) is 5.87. The highest BCUT2D eigenvalue weighted by Crippen LogP contribution is 2.44. The summed E-state index contributed by atoms with van der Waals surface area (Å²) in [4.78, 5) is 40.2. The minimum Gasteiger partial charge on any atom is -0.448 e. The van der Waals surface area contributed by atoms with E-state index in [2.05, 4.69) is 48.5 Å². The molecule has 3 aromatic rings. The largest absolute Gasteiger partial charge is 0.448 e. The number of piperidine rings is 2. The van der Waals surface area contributed by atoms with Crippen LogP contribution in [0.1, 0.15) is 86.2 Å². The fraction of sp³-hybridized carbons (Fsp3) is 0.500. The predicted molar refractivity (Wildman–Crippen MR) is 153 cm³/mol. The van der Waals surface area contributed by atoms with E-state index in [1.54, 1.807) is 9.96 Å². The van der Waals surface area contributed by atoms with Crippen molar-refractivity contribution in [2.45, 2.75) is 69.4 Å². The lowest BCUT2D eigenvalue weighted by Crippen LogP contribution is -2.38. The second-order valence-electron chi connectivity index (χ2n) is 11.8. The Morgan fingerprint density at radius 2 is 1.71 bits per heavy atom. The van der Waals surface area contributed by atoms with E-state index in [1.165, 1.54) is 22.3 Å². The second kappa shape index (κ2) is 11.4. The number of unbranched alkanes of at least 4 members (excludes halogenated alkanes) is 1. The van der Waals surface area contributed by atoms with Crippen molar-refractivity contribution in [2.24, 2.45) is 0 Å². The van der Waals surface area contributed by atoms with Crippen LogP contribution in [0.4, 0.5) is 9.59 Å². The smallest absolute Gasteiger partial charge is 0.409 e. The lowest BCUT2D eigenvalue weighted by Gasteiger charge is -2.30. The van der Waals surface area contributed by atoms with E-state index < -0.39 is 0 Å². The van der Waals surface area contributed by atoms with Crippen LogP contribution < -0.4 is 0 Å². The molecule has 4 heterocycles. The van der Waals surface area contributed by atoms with Crippen LogP contribution in [-0.4, -0.2) is 76.0 Å². The molecule has 10 nitrogen and oxygen atoms in total. The van der Waals surface area contributed by atoms with Gasteiger partial charge in [0.2, 0.25) is 5.89 Å². The number of carbonyl (C=O) groups excluding carboxylic acids is 2. The molecule has 42 heavy (non-hydrogen) atoms. The summed E-state index contributed by atoms with van der Waals surface area (Å²) in [6.45, 7) is 4.73. The molecule has 4 aliphatic rings. The van der Waals surface area contributed by atoms with Gasteiger partial charge in [-0.25, -0.2) is 9.59 Å². The van der Waals surface area contributed by atoms with Gasteiger partial charge in [0.15, 0.2) is 5.82 Å². The molecule has 7 rings (SSSR count). The van der Waals surface area contributed by atoms with E-state index >= 15 is 0 Å². The van der Waals surface area contributed by atoms with Crippen LogP contribution in [0.2, 0.25) is 0 Å². The van der Waals surface area contributed by atoms with Crippen LogP contribution >= 0.6 is 0 Å². The van der Waals surface area contributed by atoms with Crippen molar-refractivity contribution in [1.29, 1.82) is 0 Å². The quantitative estimate of drug-likeness (QED) is 0.312. The van der Waals surface area contributed by atoms with E-state index in [4.69, 9.17) is 19.1 Å². The Hall–Kier alpha value is -3.92. The summed E-state index contributed by atoms with van der Waals surface area (Å²) in [6.07, 6.45) is 4.74. The summed E-state index contributed by atoms with van der Waals surface area (Å²) < 4.78 is 11.6. The molecule has 3 fully saturated rings. The zero-order chi connectivity index (χ0) is 28.6. The fourth-order valence-electron chi connectivity index (χ4n) is 6.92. The summed E-state index contributed by atoms with van der Waals surface area (Å²) in [6, 6.07) is 16.5. The third-order valence-electron chi connectivity index (χ3n) is 9.25. The van der Waals surface area contributed by atoms with Crippen LogP contribution in [0.15, 0.2) is 53.1 Å². The number of fused-ring (bicyclic) bond motifs is 5. The van der Waals surface area contributed by atoms with Gasteiger partial charge in [-0.2, -0.15) is 10.0 Å². The first kappa shape index (κ1) is 26.9. The topological polar surface area (TPSA) is 101 Å². The van der Waals surface area contributed by atoms with E-state index in [0.29, 0.717) is 44.6 Å². The highest BCUT2D eigenvalue weighted by Gasteiger charge is 2.47. The highest BCUT2D eigenvalue weighted by atomic mass is 16.7. The van der Waals surface area contributed by atoms with Crippen molar-refractivity contribution in [3.63, 3.8) is 0 Å². The van der Waals surface area contributed by atoms with Gasteiger partial charge >= 0.3 is 12.1 Å². The minimum atomic E-state index is -0.281. The van der Waals surface area contributed by atoms with E-state index in [-0.39, 0.29) is 36.0 Å². The Bertz CT molecular complexity index is 1400. The molecule has 10 heteroatoms. The minimum absolute atomic E-state index is 0.0447. The number of aromatic nitrogens is 2. The van der Waals surface area contributed by atoms with Gasteiger partial charge in [-0.1, -0.05) is 67.0 Å². The molecule has 3 saturated heterocycles. The maximum Gasteiger partial charge on any atom is 0.409 e. The molecule has 0 spiro atoms. The molecule has 0 radical (unpaired) electrons. The molecule has 1 aliphatic carbocycles. The second-order valence-corrected chi connectivity index (χ2v) is 11.8. The number of nitrogens with zero attached hydrogens (tertiary/aromatic N) is 5. The number of hydroxylamine groups is 2. The van der Waals surface area contributed by atoms with E-state index in [9.17, 15) is 9.59 Å². The molecule has 0 unspecified atom stereocenters. The SMILES string of the molecule is CCCCON1C(=O)N2C[C@@H]1CC[C@H]2c1noc(C2CCN(C(=O)OCC3c4ccccc4-c4ccccc43)CC2)n1. The van der Waals surface area contributed by atoms with Gasteiger partial charge in [-0.3, -0.25) is 4.84 Å². The summed E-state index contributed by atoms with van der Waals surface area (Å²) in [5.74, 6) is 1.26. The van der Waals surface area contributed by atoms with Gasteiger partial charge in [-0.15, -0.1) is 0 Å². The Balaban J connectivity index is 0.932. The number of likely N-dealkylation sites (tertiary alicyclic amines) is 1. The van der Waals surface area contributed by atoms with Gasteiger partial charge in [0.1, 0.15) is 6.61 Å². The van der Waals surface area contributed by atoms with Crippen LogP contribution in [0.25, 0.3) is 11.1 Å². The van der Waals surface area contributed by atoms with Gasteiger partial charge in [-0.05, 0) is 54.4 Å². The first-order chi connectivity index (χ1) is 20.6.